The van der Waals surface area contributed by atoms with Crippen LogP contribution in [0.3, 0.4) is 0 Å². The summed E-state index contributed by atoms with van der Waals surface area (Å²) in [5.74, 6) is 0.665. The molecule has 116 valence electrons. The lowest BCUT2D eigenvalue weighted by Crippen LogP contribution is -2.36. The average Bonchev–Trinajstić information content (AvgIpc) is 2.55. The molecule has 4 nitrogen and oxygen atoms in total. The van der Waals surface area contributed by atoms with Crippen molar-refractivity contribution in [2.75, 3.05) is 39.2 Å². The topological polar surface area (TPSA) is 32.8 Å². The van der Waals surface area contributed by atoms with Gasteiger partial charge in [-0.2, -0.15) is 0 Å². The van der Waals surface area contributed by atoms with Crippen LogP contribution < -0.4 is 9.64 Å². The monoisotopic (exact) mass is 298 g/mol. The summed E-state index contributed by atoms with van der Waals surface area (Å²) in [7, 11) is 5.60. The second-order valence-corrected chi connectivity index (χ2v) is 5.33. The molecule has 2 aromatic rings. The van der Waals surface area contributed by atoms with Gasteiger partial charge in [0.25, 0.3) is 5.91 Å². The average molecular weight is 298 g/mol. The fourth-order valence-corrected chi connectivity index (χ4v) is 2.17. The fourth-order valence-electron chi connectivity index (χ4n) is 2.17. The van der Waals surface area contributed by atoms with E-state index in [0.717, 1.165) is 12.2 Å². The lowest BCUT2D eigenvalue weighted by atomic mass is 10.1. The highest BCUT2D eigenvalue weighted by atomic mass is 16.5. The van der Waals surface area contributed by atoms with Crippen molar-refractivity contribution in [2.45, 2.75) is 0 Å². The summed E-state index contributed by atoms with van der Waals surface area (Å²) in [6, 6.07) is 17.0. The van der Waals surface area contributed by atoms with Gasteiger partial charge in [-0.05, 0) is 44.4 Å². The molecule has 0 saturated carbocycles. The van der Waals surface area contributed by atoms with Crippen LogP contribution in [0.2, 0.25) is 0 Å². The quantitative estimate of drug-likeness (QED) is 0.822. The van der Waals surface area contributed by atoms with Gasteiger partial charge in [-0.15, -0.1) is 0 Å². The molecular weight excluding hydrogens is 276 g/mol. The summed E-state index contributed by atoms with van der Waals surface area (Å²) in [5.41, 5.74) is 1.53. The number of methoxy groups -OCH3 is 1. The molecule has 4 heteroatoms. The Balaban J connectivity index is 2.29. The molecule has 0 fully saturated rings. The highest BCUT2D eigenvalue weighted by Crippen LogP contribution is 2.19. The molecular formula is C18H22N2O2. The SMILES string of the molecule is COc1cccc(C(=O)N(CCN(C)C)c2ccccc2)c1. The van der Waals surface area contributed by atoms with Gasteiger partial charge in [-0.1, -0.05) is 24.3 Å². The van der Waals surface area contributed by atoms with Crippen LogP contribution >= 0.6 is 0 Å². The first-order valence-corrected chi connectivity index (χ1v) is 7.27. The van der Waals surface area contributed by atoms with Crippen molar-refractivity contribution in [3.8, 4) is 5.75 Å². The van der Waals surface area contributed by atoms with Crippen molar-refractivity contribution in [2.24, 2.45) is 0 Å². The van der Waals surface area contributed by atoms with E-state index in [1.807, 2.05) is 62.6 Å². The molecule has 0 N–H and O–H groups in total. The van der Waals surface area contributed by atoms with Crippen molar-refractivity contribution < 1.29 is 9.53 Å². The number of para-hydroxylation sites is 1. The summed E-state index contributed by atoms with van der Waals surface area (Å²) in [6.45, 7) is 1.43. The second kappa shape index (κ2) is 7.61. The van der Waals surface area contributed by atoms with E-state index < -0.39 is 0 Å². The predicted molar refractivity (Wildman–Crippen MR) is 89.7 cm³/mol. The third-order valence-corrected chi connectivity index (χ3v) is 3.40. The number of amides is 1. The largest absolute Gasteiger partial charge is 0.497 e. The van der Waals surface area contributed by atoms with Crippen molar-refractivity contribution in [1.29, 1.82) is 0 Å². The van der Waals surface area contributed by atoms with Crippen molar-refractivity contribution in [3.63, 3.8) is 0 Å². The minimum Gasteiger partial charge on any atom is -0.497 e. The van der Waals surface area contributed by atoms with Gasteiger partial charge in [0.2, 0.25) is 0 Å². The Kier molecular flexibility index (Phi) is 5.55. The van der Waals surface area contributed by atoms with Crippen LogP contribution in [0.4, 0.5) is 5.69 Å². The molecule has 2 rings (SSSR count). The van der Waals surface area contributed by atoms with Crippen LogP contribution in [0.5, 0.6) is 5.75 Å². The van der Waals surface area contributed by atoms with Crippen LogP contribution in [0.1, 0.15) is 10.4 Å². The van der Waals surface area contributed by atoms with E-state index in [1.165, 1.54) is 0 Å². The molecule has 0 saturated heterocycles. The molecule has 0 bridgehead atoms. The maximum Gasteiger partial charge on any atom is 0.258 e. The third kappa shape index (κ3) is 4.09. The smallest absolute Gasteiger partial charge is 0.258 e. The molecule has 0 unspecified atom stereocenters. The Bertz CT molecular complexity index is 611. The highest BCUT2D eigenvalue weighted by molar-refractivity contribution is 6.06. The van der Waals surface area contributed by atoms with Crippen LogP contribution in [-0.4, -0.2) is 45.1 Å². The number of carbonyl (C=O) groups is 1. The third-order valence-electron chi connectivity index (χ3n) is 3.40. The van der Waals surface area contributed by atoms with Gasteiger partial charge in [-0.3, -0.25) is 4.79 Å². The van der Waals surface area contributed by atoms with Gasteiger partial charge in [-0.25, -0.2) is 0 Å². The first kappa shape index (κ1) is 16.0. The van der Waals surface area contributed by atoms with E-state index in [4.69, 9.17) is 4.74 Å². The number of hydrogen-bond acceptors (Lipinski definition) is 3. The Morgan fingerprint density at radius 2 is 1.73 bits per heavy atom. The molecule has 0 aliphatic carbocycles. The van der Waals surface area contributed by atoms with E-state index in [1.54, 1.807) is 18.1 Å². The van der Waals surface area contributed by atoms with Crippen molar-refractivity contribution in [1.82, 2.24) is 4.90 Å². The fraction of sp³-hybridized carbons (Fsp3) is 0.278. The van der Waals surface area contributed by atoms with E-state index in [2.05, 4.69) is 4.90 Å². The number of carbonyl (C=O) groups excluding carboxylic acids is 1. The Labute approximate surface area is 131 Å². The molecule has 0 spiro atoms. The van der Waals surface area contributed by atoms with E-state index in [-0.39, 0.29) is 5.91 Å². The highest BCUT2D eigenvalue weighted by Gasteiger charge is 2.18. The number of rotatable bonds is 6. The molecule has 0 heterocycles. The Hall–Kier alpha value is -2.33. The van der Waals surface area contributed by atoms with Crippen LogP contribution in [0.25, 0.3) is 0 Å². The Morgan fingerprint density at radius 1 is 1.00 bits per heavy atom. The summed E-state index contributed by atoms with van der Waals surface area (Å²) >= 11 is 0. The van der Waals surface area contributed by atoms with Gasteiger partial charge in [0.15, 0.2) is 0 Å². The van der Waals surface area contributed by atoms with Gasteiger partial charge < -0.3 is 14.5 Å². The molecule has 0 aliphatic rings. The summed E-state index contributed by atoms with van der Waals surface area (Å²) in [5, 5.41) is 0. The molecule has 0 aromatic heterocycles. The number of nitrogens with zero attached hydrogens (tertiary/aromatic N) is 2. The van der Waals surface area contributed by atoms with Gasteiger partial charge in [0.1, 0.15) is 5.75 Å². The predicted octanol–water partition coefficient (Wildman–Crippen LogP) is 2.90. The van der Waals surface area contributed by atoms with Crippen LogP contribution in [0, 0.1) is 0 Å². The summed E-state index contributed by atoms with van der Waals surface area (Å²) in [4.78, 5) is 16.7. The van der Waals surface area contributed by atoms with Crippen molar-refractivity contribution in [3.05, 3.63) is 60.2 Å². The summed E-state index contributed by atoms with van der Waals surface area (Å²) < 4.78 is 5.21. The maximum absolute atomic E-state index is 12.9. The molecule has 2 aromatic carbocycles. The van der Waals surface area contributed by atoms with Gasteiger partial charge in [0.05, 0.1) is 7.11 Å². The number of likely N-dealkylation sites (N-methyl/N-ethyl adjacent to an activating group) is 1. The normalized spacial score (nSPS) is 10.5. The number of anilines is 1. The molecule has 22 heavy (non-hydrogen) atoms. The van der Waals surface area contributed by atoms with E-state index >= 15 is 0 Å². The minimum absolute atomic E-state index is 0.0213. The molecule has 1 amide bonds. The standard InChI is InChI=1S/C18H22N2O2/c1-19(2)12-13-20(16-9-5-4-6-10-16)18(21)15-8-7-11-17(14-15)22-3/h4-11,14H,12-13H2,1-3H3. The lowest BCUT2D eigenvalue weighted by Gasteiger charge is -2.24. The van der Waals surface area contributed by atoms with E-state index in [0.29, 0.717) is 17.9 Å². The van der Waals surface area contributed by atoms with Gasteiger partial charge >= 0.3 is 0 Å². The van der Waals surface area contributed by atoms with Gasteiger partial charge in [0, 0.05) is 24.3 Å². The first-order chi connectivity index (χ1) is 10.6. The maximum atomic E-state index is 12.9. The first-order valence-electron chi connectivity index (χ1n) is 7.27. The van der Waals surface area contributed by atoms with Crippen LogP contribution in [-0.2, 0) is 0 Å². The zero-order valence-corrected chi connectivity index (χ0v) is 13.3. The molecule has 0 atom stereocenters. The minimum atomic E-state index is -0.0213. The number of benzene rings is 2. The molecule has 0 aliphatic heterocycles. The zero-order valence-electron chi connectivity index (χ0n) is 13.3. The zero-order chi connectivity index (χ0) is 15.9. The molecule has 0 radical (unpaired) electrons. The van der Waals surface area contributed by atoms with Crippen LogP contribution in [0.15, 0.2) is 54.6 Å². The summed E-state index contributed by atoms with van der Waals surface area (Å²) in [6.07, 6.45) is 0. The van der Waals surface area contributed by atoms with Crippen molar-refractivity contribution >= 4 is 11.6 Å². The second-order valence-electron chi connectivity index (χ2n) is 5.33. The Morgan fingerprint density at radius 3 is 2.36 bits per heavy atom. The number of ether oxygens (including phenoxy) is 1. The lowest BCUT2D eigenvalue weighted by molar-refractivity contribution is 0.0985. The van der Waals surface area contributed by atoms with E-state index in [9.17, 15) is 4.79 Å². The number of hydrogen-bond donors (Lipinski definition) is 0.